The number of nitrogens with one attached hydrogen (secondary N) is 1. The molecule has 2 aromatic carbocycles. The number of rotatable bonds is 5. The first-order valence-electron chi connectivity index (χ1n) is 7.25. The summed E-state index contributed by atoms with van der Waals surface area (Å²) in [7, 11) is -2.17. The highest BCUT2D eigenvalue weighted by Gasteiger charge is 2.31. The second kappa shape index (κ2) is 7.34. The quantitative estimate of drug-likeness (QED) is 0.883. The second-order valence-corrected chi connectivity index (χ2v) is 7.94. The Labute approximate surface area is 147 Å². The van der Waals surface area contributed by atoms with E-state index in [1.807, 2.05) is 0 Å². The second-order valence-electron chi connectivity index (χ2n) is 5.49. The lowest BCUT2D eigenvalue weighted by Gasteiger charge is -2.26. The maximum absolute atomic E-state index is 12.8. The third kappa shape index (κ3) is 4.14. The van der Waals surface area contributed by atoms with E-state index in [0.717, 1.165) is 16.1 Å². The number of anilines is 1. The molecule has 0 radical (unpaired) electrons. The van der Waals surface area contributed by atoms with Crippen LogP contribution in [0.25, 0.3) is 0 Å². The SMILES string of the molecule is Cc1c(Cl)cccc1NC(=O)[C@@H](c1ccccc1)N(C)S(C)(=O)=O. The first-order valence-corrected chi connectivity index (χ1v) is 9.48. The van der Waals surface area contributed by atoms with Crippen molar-refractivity contribution in [2.24, 2.45) is 0 Å². The fourth-order valence-corrected chi connectivity index (χ4v) is 3.07. The van der Waals surface area contributed by atoms with Crippen molar-refractivity contribution in [1.29, 1.82) is 0 Å². The molecular weight excluding hydrogens is 348 g/mol. The molecule has 7 heteroatoms. The van der Waals surface area contributed by atoms with Gasteiger partial charge < -0.3 is 5.32 Å². The number of hydrogen-bond acceptors (Lipinski definition) is 3. The number of benzene rings is 2. The van der Waals surface area contributed by atoms with Crippen LogP contribution in [-0.2, 0) is 14.8 Å². The molecule has 0 saturated carbocycles. The summed E-state index contributed by atoms with van der Waals surface area (Å²) >= 11 is 6.07. The topological polar surface area (TPSA) is 66.5 Å². The predicted octanol–water partition coefficient (Wildman–Crippen LogP) is 3.22. The minimum atomic E-state index is -3.56. The van der Waals surface area contributed by atoms with Crippen LogP contribution in [0, 0.1) is 6.92 Å². The maximum atomic E-state index is 12.8. The molecule has 0 unspecified atom stereocenters. The van der Waals surface area contributed by atoms with Crippen LogP contribution in [-0.4, -0.2) is 31.9 Å². The molecule has 0 aliphatic carbocycles. The third-order valence-electron chi connectivity index (χ3n) is 3.78. The Morgan fingerprint density at radius 1 is 1.12 bits per heavy atom. The van der Waals surface area contributed by atoms with E-state index in [1.54, 1.807) is 55.5 Å². The molecule has 1 amide bonds. The molecule has 1 N–H and O–H groups in total. The summed E-state index contributed by atoms with van der Waals surface area (Å²) in [5, 5.41) is 3.30. The van der Waals surface area contributed by atoms with Gasteiger partial charge in [0.25, 0.3) is 0 Å². The van der Waals surface area contributed by atoms with Crippen LogP contribution >= 0.6 is 11.6 Å². The molecule has 1 atom stereocenters. The van der Waals surface area contributed by atoms with Crippen LogP contribution in [0.3, 0.4) is 0 Å². The van der Waals surface area contributed by atoms with Gasteiger partial charge >= 0.3 is 0 Å². The molecule has 0 fully saturated rings. The van der Waals surface area contributed by atoms with Crippen LogP contribution in [0.2, 0.25) is 5.02 Å². The van der Waals surface area contributed by atoms with Crippen LogP contribution in [0.4, 0.5) is 5.69 Å². The summed E-state index contributed by atoms with van der Waals surface area (Å²) in [5.74, 6) is -0.445. The molecule has 2 aromatic rings. The highest BCUT2D eigenvalue weighted by Crippen LogP contribution is 2.27. The zero-order valence-electron chi connectivity index (χ0n) is 13.7. The molecule has 0 aliphatic heterocycles. The van der Waals surface area contributed by atoms with Crippen LogP contribution in [0.5, 0.6) is 0 Å². The van der Waals surface area contributed by atoms with Crippen LogP contribution < -0.4 is 5.32 Å². The predicted molar refractivity (Wildman–Crippen MR) is 96.6 cm³/mol. The van der Waals surface area contributed by atoms with Gasteiger partial charge in [-0.25, -0.2) is 8.42 Å². The average molecular weight is 367 g/mol. The molecular formula is C17H19ClN2O3S. The Hall–Kier alpha value is -1.89. The number of likely N-dealkylation sites (N-methyl/N-ethyl adjacent to an activating group) is 1. The van der Waals surface area contributed by atoms with Crippen molar-refractivity contribution in [2.45, 2.75) is 13.0 Å². The Kier molecular flexibility index (Phi) is 5.64. The van der Waals surface area contributed by atoms with Crippen LogP contribution in [0.1, 0.15) is 17.2 Å². The molecule has 0 bridgehead atoms. The van der Waals surface area contributed by atoms with Crippen LogP contribution in [0.15, 0.2) is 48.5 Å². The van der Waals surface area contributed by atoms with Crippen molar-refractivity contribution < 1.29 is 13.2 Å². The van der Waals surface area contributed by atoms with Gasteiger partial charge in [0.2, 0.25) is 15.9 Å². The van der Waals surface area contributed by atoms with E-state index < -0.39 is 22.0 Å². The summed E-state index contributed by atoms with van der Waals surface area (Å²) in [6.45, 7) is 1.79. The van der Waals surface area contributed by atoms with Crippen molar-refractivity contribution in [3.05, 3.63) is 64.7 Å². The van der Waals surface area contributed by atoms with Crippen molar-refractivity contribution in [2.75, 3.05) is 18.6 Å². The van der Waals surface area contributed by atoms with Gasteiger partial charge in [-0.05, 0) is 30.2 Å². The first kappa shape index (κ1) is 18.4. The molecule has 0 saturated heterocycles. The third-order valence-corrected chi connectivity index (χ3v) is 5.44. The summed E-state index contributed by atoms with van der Waals surface area (Å²) in [6, 6.07) is 13.0. The van der Waals surface area contributed by atoms with Crippen molar-refractivity contribution in [1.82, 2.24) is 4.31 Å². The Morgan fingerprint density at radius 3 is 2.33 bits per heavy atom. The van der Waals surface area contributed by atoms with Gasteiger partial charge in [0.15, 0.2) is 0 Å². The van der Waals surface area contributed by atoms with Gasteiger partial charge in [-0.3, -0.25) is 4.79 Å². The van der Waals surface area contributed by atoms with E-state index in [-0.39, 0.29) is 0 Å². The van der Waals surface area contributed by atoms with Gasteiger partial charge in [-0.15, -0.1) is 0 Å². The van der Waals surface area contributed by atoms with Gasteiger partial charge in [-0.1, -0.05) is 48.0 Å². The molecule has 5 nitrogen and oxygen atoms in total. The smallest absolute Gasteiger partial charge is 0.247 e. The molecule has 0 aliphatic rings. The monoisotopic (exact) mass is 366 g/mol. The van der Waals surface area contributed by atoms with Gasteiger partial charge in [-0.2, -0.15) is 4.31 Å². The molecule has 24 heavy (non-hydrogen) atoms. The zero-order valence-corrected chi connectivity index (χ0v) is 15.2. The van der Waals surface area contributed by atoms with E-state index in [1.165, 1.54) is 7.05 Å². The fraction of sp³-hybridized carbons (Fsp3) is 0.235. The lowest BCUT2D eigenvalue weighted by molar-refractivity contribution is -0.119. The average Bonchev–Trinajstić information content (AvgIpc) is 2.52. The highest BCUT2D eigenvalue weighted by atomic mass is 35.5. The van der Waals surface area contributed by atoms with E-state index >= 15 is 0 Å². The lowest BCUT2D eigenvalue weighted by atomic mass is 10.1. The Balaban J connectivity index is 2.40. The van der Waals surface area contributed by atoms with Gasteiger partial charge in [0, 0.05) is 17.8 Å². The summed E-state index contributed by atoms with van der Waals surface area (Å²) in [4.78, 5) is 12.8. The van der Waals surface area contributed by atoms with Gasteiger partial charge in [0.1, 0.15) is 6.04 Å². The minimum Gasteiger partial charge on any atom is -0.324 e. The first-order chi connectivity index (χ1) is 11.2. The number of halogens is 1. The molecule has 0 aromatic heterocycles. The van der Waals surface area contributed by atoms with E-state index in [4.69, 9.17) is 11.6 Å². The number of amides is 1. The Bertz CT molecular complexity index is 838. The number of sulfonamides is 1. The van der Waals surface area contributed by atoms with Crippen molar-refractivity contribution >= 4 is 33.2 Å². The number of carbonyl (C=O) groups excluding carboxylic acids is 1. The van der Waals surface area contributed by atoms with Crippen molar-refractivity contribution in [3.63, 3.8) is 0 Å². The number of nitrogens with zero attached hydrogens (tertiary/aromatic N) is 1. The van der Waals surface area contributed by atoms with Crippen molar-refractivity contribution in [3.8, 4) is 0 Å². The number of hydrogen-bond donors (Lipinski definition) is 1. The molecule has 2 rings (SSSR count). The molecule has 0 spiro atoms. The lowest BCUT2D eigenvalue weighted by Crippen LogP contribution is -2.38. The molecule has 128 valence electrons. The zero-order chi connectivity index (χ0) is 17.9. The summed E-state index contributed by atoms with van der Waals surface area (Å²) < 4.78 is 25.0. The standard InChI is InChI=1S/C17H19ClN2O3S/c1-12-14(18)10-7-11-15(12)19-17(21)16(20(2)24(3,22)23)13-8-5-4-6-9-13/h4-11,16H,1-3H3,(H,19,21)/t16-/m1/s1. The van der Waals surface area contributed by atoms with E-state index in [9.17, 15) is 13.2 Å². The summed E-state index contributed by atoms with van der Waals surface area (Å²) in [5.41, 5.74) is 1.86. The Morgan fingerprint density at radius 2 is 1.75 bits per heavy atom. The largest absolute Gasteiger partial charge is 0.324 e. The number of carbonyl (C=O) groups is 1. The molecule has 0 heterocycles. The van der Waals surface area contributed by atoms with E-state index in [2.05, 4.69) is 5.32 Å². The van der Waals surface area contributed by atoms with Gasteiger partial charge in [0.05, 0.1) is 6.26 Å². The highest BCUT2D eigenvalue weighted by molar-refractivity contribution is 7.88. The maximum Gasteiger partial charge on any atom is 0.247 e. The minimum absolute atomic E-state index is 0.445. The summed E-state index contributed by atoms with van der Waals surface area (Å²) in [6.07, 6.45) is 1.07. The van der Waals surface area contributed by atoms with E-state index in [0.29, 0.717) is 16.3 Å². The fourth-order valence-electron chi connectivity index (χ4n) is 2.30. The normalized spacial score (nSPS) is 12.9.